The molecule has 1 aromatic heterocycles. The van der Waals surface area contributed by atoms with E-state index in [0.29, 0.717) is 12.4 Å². The summed E-state index contributed by atoms with van der Waals surface area (Å²) < 4.78 is 6.52. The van der Waals surface area contributed by atoms with Crippen molar-refractivity contribution in [3.05, 3.63) is 46.1 Å². The van der Waals surface area contributed by atoms with Gasteiger partial charge < -0.3 is 9.73 Å². The van der Waals surface area contributed by atoms with Gasteiger partial charge in [-0.15, -0.1) is 0 Å². The Morgan fingerprint density at radius 1 is 1.31 bits per heavy atom. The van der Waals surface area contributed by atoms with Crippen LogP contribution in [-0.4, -0.2) is 4.98 Å². The molecule has 0 aliphatic rings. The minimum absolute atomic E-state index is 0.595. The number of hydrogen-bond acceptors (Lipinski definition) is 3. The van der Waals surface area contributed by atoms with E-state index >= 15 is 0 Å². The van der Waals surface area contributed by atoms with E-state index in [2.05, 4.69) is 26.2 Å². The first-order valence-electron chi connectivity index (χ1n) is 5.08. The molecule has 0 unspecified atom stereocenters. The predicted molar refractivity (Wildman–Crippen MR) is 67.4 cm³/mol. The second-order valence-corrected chi connectivity index (χ2v) is 4.44. The summed E-state index contributed by atoms with van der Waals surface area (Å²) in [4.78, 5) is 4.31. The molecule has 0 aliphatic heterocycles. The number of aromatic nitrogens is 1. The molecule has 16 heavy (non-hydrogen) atoms. The molecule has 3 nitrogen and oxygen atoms in total. The van der Waals surface area contributed by atoms with Crippen molar-refractivity contribution in [2.75, 3.05) is 5.32 Å². The Morgan fingerprint density at radius 2 is 2.06 bits per heavy atom. The standard InChI is InChI=1S/C12H13BrN2O/c1-8-9(2)16-12(15-8)7-14-11-6-4-3-5-10(11)13/h3-6,14H,7H2,1-2H3. The molecule has 0 atom stereocenters. The van der Waals surface area contributed by atoms with Crippen molar-refractivity contribution in [1.82, 2.24) is 4.98 Å². The fourth-order valence-corrected chi connectivity index (χ4v) is 1.82. The fraction of sp³-hybridized carbons (Fsp3) is 0.250. The Bertz CT molecular complexity index is 474. The van der Waals surface area contributed by atoms with Gasteiger partial charge in [0.05, 0.1) is 12.2 Å². The maximum atomic E-state index is 5.49. The Morgan fingerprint density at radius 3 is 2.69 bits per heavy atom. The van der Waals surface area contributed by atoms with Gasteiger partial charge >= 0.3 is 0 Å². The summed E-state index contributed by atoms with van der Waals surface area (Å²) in [6, 6.07) is 7.97. The van der Waals surface area contributed by atoms with E-state index in [1.54, 1.807) is 0 Å². The first-order valence-corrected chi connectivity index (χ1v) is 5.87. The number of nitrogens with one attached hydrogen (secondary N) is 1. The summed E-state index contributed by atoms with van der Waals surface area (Å²) in [6.45, 7) is 4.46. The van der Waals surface area contributed by atoms with E-state index < -0.39 is 0 Å². The average Bonchev–Trinajstić information content (AvgIpc) is 2.57. The SMILES string of the molecule is Cc1nc(CNc2ccccc2Br)oc1C. The Balaban J connectivity index is 2.05. The number of rotatable bonds is 3. The number of nitrogens with zero attached hydrogens (tertiary/aromatic N) is 1. The molecule has 0 aliphatic carbocycles. The van der Waals surface area contributed by atoms with E-state index in [4.69, 9.17) is 4.42 Å². The molecule has 0 saturated carbocycles. The highest BCUT2D eigenvalue weighted by Gasteiger charge is 2.05. The van der Waals surface area contributed by atoms with Gasteiger partial charge in [-0.2, -0.15) is 0 Å². The van der Waals surface area contributed by atoms with Gasteiger partial charge in [0, 0.05) is 10.2 Å². The molecule has 0 amide bonds. The molecule has 1 heterocycles. The lowest BCUT2D eigenvalue weighted by Crippen LogP contribution is -2.00. The predicted octanol–water partition coefficient (Wildman–Crippen LogP) is 3.67. The van der Waals surface area contributed by atoms with Crippen LogP contribution in [0.15, 0.2) is 33.2 Å². The van der Waals surface area contributed by atoms with Crippen molar-refractivity contribution in [1.29, 1.82) is 0 Å². The van der Waals surface area contributed by atoms with Gasteiger partial charge in [-0.1, -0.05) is 12.1 Å². The van der Waals surface area contributed by atoms with E-state index in [1.165, 1.54) is 0 Å². The number of aryl methyl sites for hydroxylation is 2. The van der Waals surface area contributed by atoms with E-state index in [0.717, 1.165) is 21.6 Å². The molecule has 2 aromatic rings. The first kappa shape index (κ1) is 11.2. The lowest BCUT2D eigenvalue weighted by Gasteiger charge is -2.05. The summed E-state index contributed by atoms with van der Waals surface area (Å²) in [7, 11) is 0. The van der Waals surface area contributed by atoms with Gasteiger partial charge in [-0.3, -0.25) is 0 Å². The average molecular weight is 281 g/mol. The number of para-hydroxylation sites is 1. The minimum atomic E-state index is 0.595. The lowest BCUT2D eigenvalue weighted by molar-refractivity contribution is 0.478. The third-order valence-electron chi connectivity index (χ3n) is 2.38. The number of oxazole rings is 1. The van der Waals surface area contributed by atoms with E-state index in [1.807, 2.05) is 38.1 Å². The van der Waals surface area contributed by atoms with Crippen LogP contribution in [0.3, 0.4) is 0 Å². The highest BCUT2D eigenvalue weighted by molar-refractivity contribution is 9.10. The van der Waals surface area contributed by atoms with Gasteiger partial charge in [-0.05, 0) is 41.9 Å². The molecule has 1 N–H and O–H groups in total. The van der Waals surface area contributed by atoms with Crippen LogP contribution >= 0.6 is 15.9 Å². The van der Waals surface area contributed by atoms with Crippen LogP contribution < -0.4 is 5.32 Å². The summed E-state index contributed by atoms with van der Waals surface area (Å²) in [5.41, 5.74) is 1.99. The summed E-state index contributed by atoms with van der Waals surface area (Å²) in [6.07, 6.45) is 0. The number of anilines is 1. The molecule has 0 radical (unpaired) electrons. The molecule has 0 spiro atoms. The van der Waals surface area contributed by atoms with Crippen LogP contribution in [0.4, 0.5) is 5.69 Å². The zero-order chi connectivity index (χ0) is 11.5. The van der Waals surface area contributed by atoms with Gasteiger partial charge in [0.15, 0.2) is 0 Å². The maximum absolute atomic E-state index is 5.49. The van der Waals surface area contributed by atoms with Crippen LogP contribution in [0, 0.1) is 13.8 Å². The minimum Gasteiger partial charge on any atom is -0.444 e. The first-order chi connectivity index (χ1) is 7.66. The number of hydrogen-bond donors (Lipinski definition) is 1. The number of halogens is 1. The molecule has 2 rings (SSSR count). The molecule has 4 heteroatoms. The van der Waals surface area contributed by atoms with Crippen molar-refractivity contribution in [3.63, 3.8) is 0 Å². The molecule has 0 bridgehead atoms. The van der Waals surface area contributed by atoms with Crippen molar-refractivity contribution < 1.29 is 4.42 Å². The molecule has 0 fully saturated rings. The Hall–Kier alpha value is -1.29. The van der Waals surface area contributed by atoms with E-state index in [-0.39, 0.29) is 0 Å². The lowest BCUT2D eigenvalue weighted by atomic mass is 10.3. The van der Waals surface area contributed by atoms with Crippen LogP contribution in [0.2, 0.25) is 0 Å². The molecular formula is C12H13BrN2O. The quantitative estimate of drug-likeness (QED) is 0.932. The van der Waals surface area contributed by atoms with Crippen molar-refractivity contribution in [3.8, 4) is 0 Å². The highest BCUT2D eigenvalue weighted by atomic mass is 79.9. The van der Waals surface area contributed by atoms with Gasteiger partial charge in [0.1, 0.15) is 5.76 Å². The molecule has 84 valence electrons. The van der Waals surface area contributed by atoms with Crippen molar-refractivity contribution in [2.24, 2.45) is 0 Å². The fourth-order valence-electron chi connectivity index (χ4n) is 1.39. The molecule has 0 saturated heterocycles. The third kappa shape index (κ3) is 2.44. The van der Waals surface area contributed by atoms with Gasteiger partial charge in [0.25, 0.3) is 0 Å². The summed E-state index contributed by atoms with van der Waals surface area (Å²) >= 11 is 3.48. The molecule has 1 aromatic carbocycles. The van der Waals surface area contributed by atoms with E-state index in [9.17, 15) is 0 Å². The summed E-state index contributed by atoms with van der Waals surface area (Å²) in [5, 5.41) is 3.27. The largest absolute Gasteiger partial charge is 0.444 e. The zero-order valence-corrected chi connectivity index (χ0v) is 10.8. The van der Waals surface area contributed by atoms with Crippen LogP contribution in [0.1, 0.15) is 17.3 Å². The smallest absolute Gasteiger partial charge is 0.213 e. The monoisotopic (exact) mass is 280 g/mol. The van der Waals surface area contributed by atoms with Gasteiger partial charge in [-0.25, -0.2) is 4.98 Å². The number of benzene rings is 1. The second kappa shape index (κ2) is 4.70. The highest BCUT2D eigenvalue weighted by Crippen LogP contribution is 2.21. The molecular weight excluding hydrogens is 268 g/mol. The van der Waals surface area contributed by atoms with Crippen LogP contribution in [0.5, 0.6) is 0 Å². The van der Waals surface area contributed by atoms with Crippen LogP contribution in [0.25, 0.3) is 0 Å². The van der Waals surface area contributed by atoms with Crippen molar-refractivity contribution in [2.45, 2.75) is 20.4 Å². The van der Waals surface area contributed by atoms with Crippen LogP contribution in [-0.2, 0) is 6.54 Å². The third-order valence-corrected chi connectivity index (χ3v) is 3.07. The summed E-state index contributed by atoms with van der Waals surface area (Å²) in [5.74, 6) is 1.59. The normalized spacial score (nSPS) is 10.4. The maximum Gasteiger partial charge on any atom is 0.213 e. The Kier molecular flexibility index (Phi) is 3.29. The van der Waals surface area contributed by atoms with Gasteiger partial charge in [0.2, 0.25) is 5.89 Å². The second-order valence-electron chi connectivity index (χ2n) is 3.58. The zero-order valence-electron chi connectivity index (χ0n) is 9.25. The van der Waals surface area contributed by atoms with Crippen molar-refractivity contribution >= 4 is 21.6 Å². The topological polar surface area (TPSA) is 38.1 Å². The Labute approximate surface area is 103 Å².